The van der Waals surface area contributed by atoms with Crippen LogP contribution < -0.4 is 5.73 Å². The topological polar surface area (TPSA) is 64.8 Å². The first-order valence-corrected chi connectivity index (χ1v) is 6.22. The molecule has 1 saturated carbocycles. The van der Waals surface area contributed by atoms with Crippen LogP contribution in [0.5, 0.6) is 0 Å². The summed E-state index contributed by atoms with van der Waals surface area (Å²) in [5.74, 6) is 0.417. The maximum absolute atomic E-state index is 11.9. The molecule has 3 unspecified atom stereocenters. The van der Waals surface area contributed by atoms with Gasteiger partial charge in [0.15, 0.2) is 0 Å². The van der Waals surface area contributed by atoms with Crippen molar-refractivity contribution in [3.8, 4) is 0 Å². The third kappa shape index (κ3) is 3.33. The van der Waals surface area contributed by atoms with E-state index < -0.39 is 5.60 Å². The number of ether oxygens (including phenoxy) is 2. The normalized spacial score (nSPS) is 33.4. The minimum atomic E-state index is -0.444. The summed E-state index contributed by atoms with van der Waals surface area (Å²) in [6.45, 7) is 7.41. The Labute approximate surface area is 102 Å². The summed E-state index contributed by atoms with van der Waals surface area (Å²) in [6.07, 6.45) is 0.846. The van der Waals surface area contributed by atoms with Gasteiger partial charge in [-0.1, -0.05) is 0 Å². The summed E-state index contributed by atoms with van der Waals surface area (Å²) >= 11 is 0. The number of amides is 1. The molecule has 0 radical (unpaired) electrons. The molecular weight excluding hydrogens is 220 g/mol. The fourth-order valence-electron chi connectivity index (χ4n) is 2.09. The van der Waals surface area contributed by atoms with Crippen molar-refractivity contribution in [1.29, 1.82) is 0 Å². The van der Waals surface area contributed by atoms with Crippen LogP contribution in [-0.4, -0.2) is 48.4 Å². The summed E-state index contributed by atoms with van der Waals surface area (Å²) in [4.78, 5) is 13.6. The highest BCUT2D eigenvalue weighted by Gasteiger charge is 2.43. The minimum Gasteiger partial charge on any atom is -0.444 e. The van der Waals surface area contributed by atoms with Crippen molar-refractivity contribution >= 4 is 6.09 Å². The Balaban J connectivity index is 1.86. The molecule has 2 fully saturated rings. The van der Waals surface area contributed by atoms with Gasteiger partial charge in [-0.05, 0) is 27.2 Å². The second kappa shape index (κ2) is 4.46. The van der Waals surface area contributed by atoms with Crippen LogP contribution in [-0.2, 0) is 9.47 Å². The lowest BCUT2D eigenvalue weighted by molar-refractivity contribution is -0.0501. The Kier molecular flexibility index (Phi) is 3.32. The number of carbonyl (C=O) groups is 1. The summed E-state index contributed by atoms with van der Waals surface area (Å²) < 4.78 is 11.0. The average Bonchev–Trinajstić information content (AvgIpc) is 2.93. The Hall–Kier alpha value is -0.810. The highest BCUT2D eigenvalue weighted by atomic mass is 16.6. The average molecular weight is 242 g/mol. The standard InChI is InChI=1S/C12H22N2O3/c1-12(2,3)17-11(15)14-4-5-16-10(7-14)8-6-9(8)13/h8-10H,4-7,13H2,1-3H3. The van der Waals surface area contributed by atoms with Gasteiger partial charge in [-0.25, -0.2) is 4.79 Å². The van der Waals surface area contributed by atoms with E-state index in [1.165, 1.54) is 0 Å². The summed E-state index contributed by atoms with van der Waals surface area (Å²) in [5.41, 5.74) is 5.36. The van der Waals surface area contributed by atoms with Gasteiger partial charge < -0.3 is 20.1 Å². The molecule has 1 aliphatic carbocycles. The first-order valence-electron chi connectivity index (χ1n) is 6.22. The number of hydrogen-bond donors (Lipinski definition) is 1. The van der Waals surface area contributed by atoms with Crippen molar-refractivity contribution in [1.82, 2.24) is 4.90 Å². The van der Waals surface area contributed by atoms with Gasteiger partial charge in [-0.3, -0.25) is 0 Å². The third-order valence-corrected chi connectivity index (χ3v) is 3.11. The molecule has 17 heavy (non-hydrogen) atoms. The Bertz CT molecular complexity index is 301. The van der Waals surface area contributed by atoms with Crippen molar-refractivity contribution in [2.24, 2.45) is 11.7 Å². The van der Waals surface area contributed by atoms with Crippen LogP contribution in [0, 0.1) is 5.92 Å². The quantitative estimate of drug-likeness (QED) is 0.744. The molecule has 1 aliphatic heterocycles. The van der Waals surface area contributed by atoms with E-state index >= 15 is 0 Å². The van der Waals surface area contributed by atoms with Crippen molar-refractivity contribution in [3.63, 3.8) is 0 Å². The van der Waals surface area contributed by atoms with Crippen LogP contribution in [0.2, 0.25) is 0 Å². The molecule has 2 aliphatic rings. The van der Waals surface area contributed by atoms with Crippen LogP contribution in [0.4, 0.5) is 4.79 Å². The second-order valence-corrected chi connectivity index (χ2v) is 5.90. The van der Waals surface area contributed by atoms with E-state index in [9.17, 15) is 4.79 Å². The van der Waals surface area contributed by atoms with E-state index in [1.54, 1.807) is 4.90 Å². The van der Waals surface area contributed by atoms with Crippen LogP contribution in [0.15, 0.2) is 0 Å². The molecule has 0 aromatic heterocycles. The highest BCUT2D eigenvalue weighted by Crippen LogP contribution is 2.34. The number of hydrogen-bond acceptors (Lipinski definition) is 4. The van der Waals surface area contributed by atoms with E-state index in [-0.39, 0.29) is 18.2 Å². The summed E-state index contributed by atoms with van der Waals surface area (Å²) in [5, 5.41) is 0. The van der Waals surface area contributed by atoms with Gasteiger partial charge in [-0.15, -0.1) is 0 Å². The molecule has 3 atom stereocenters. The molecule has 2 N–H and O–H groups in total. The van der Waals surface area contributed by atoms with Gasteiger partial charge in [0.25, 0.3) is 0 Å². The molecular formula is C12H22N2O3. The molecule has 5 heteroatoms. The molecule has 98 valence electrons. The molecule has 0 bridgehead atoms. The molecule has 1 amide bonds. The van der Waals surface area contributed by atoms with Crippen LogP contribution in [0.1, 0.15) is 27.2 Å². The number of nitrogens with two attached hydrogens (primary N) is 1. The predicted molar refractivity (Wildman–Crippen MR) is 63.6 cm³/mol. The van der Waals surface area contributed by atoms with Gasteiger partial charge >= 0.3 is 6.09 Å². The lowest BCUT2D eigenvalue weighted by atomic mass is 10.2. The molecule has 1 heterocycles. The van der Waals surface area contributed by atoms with Crippen molar-refractivity contribution in [2.45, 2.75) is 44.9 Å². The number of carbonyl (C=O) groups excluding carboxylic acids is 1. The van der Waals surface area contributed by atoms with Crippen molar-refractivity contribution < 1.29 is 14.3 Å². The van der Waals surface area contributed by atoms with E-state index in [2.05, 4.69) is 0 Å². The van der Waals surface area contributed by atoms with Gasteiger partial charge in [0.2, 0.25) is 0 Å². The first-order chi connectivity index (χ1) is 7.87. The van der Waals surface area contributed by atoms with Crippen molar-refractivity contribution in [3.05, 3.63) is 0 Å². The Morgan fingerprint density at radius 2 is 2.12 bits per heavy atom. The Morgan fingerprint density at radius 3 is 2.65 bits per heavy atom. The van der Waals surface area contributed by atoms with E-state index in [0.29, 0.717) is 25.6 Å². The van der Waals surface area contributed by atoms with E-state index in [4.69, 9.17) is 15.2 Å². The Morgan fingerprint density at radius 1 is 1.47 bits per heavy atom. The largest absolute Gasteiger partial charge is 0.444 e. The SMILES string of the molecule is CC(C)(C)OC(=O)N1CCOC(C2CC2N)C1. The molecule has 0 aromatic carbocycles. The van der Waals surface area contributed by atoms with Gasteiger partial charge in [0, 0.05) is 18.5 Å². The van der Waals surface area contributed by atoms with Crippen LogP contribution in [0.3, 0.4) is 0 Å². The predicted octanol–water partition coefficient (Wildman–Crippen LogP) is 0.970. The zero-order valence-corrected chi connectivity index (χ0v) is 10.8. The zero-order chi connectivity index (χ0) is 12.6. The minimum absolute atomic E-state index is 0.0891. The van der Waals surface area contributed by atoms with Crippen LogP contribution in [0.25, 0.3) is 0 Å². The molecule has 0 aromatic rings. The van der Waals surface area contributed by atoms with Gasteiger partial charge in [0.05, 0.1) is 19.3 Å². The van der Waals surface area contributed by atoms with E-state index in [1.807, 2.05) is 20.8 Å². The fraction of sp³-hybridized carbons (Fsp3) is 0.917. The second-order valence-electron chi connectivity index (χ2n) is 5.90. The molecule has 1 saturated heterocycles. The van der Waals surface area contributed by atoms with E-state index in [0.717, 1.165) is 6.42 Å². The fourth-order valence-corrected chi connectivity index (χ4v) is 2.09. The van der Waals surface area contributed by atoms with Crippen LogP contribution >= 0.6 is 0 Å². The molecule has 5 nitrogen and oxygen atoms in total. The zero-order valence-electron chi connectivity index (χ0n) is 10.8. The summed E-state index contributed by atoms with van der Waals surface area (Å²) in [6, 6.07) is 0.249. The van der Waals surface area contributed by atoms with Gasteiger partial charge in [0.1, 0.15) is 5.60 Å². The smallest absolute Gasteiger partial charge is 0.410 e. The summed E-state index contributed by atoms with van der Waals surface area (Å²) in [7, 11) is 0. The lowest BCUT2D eigenvalue weighted by Gasteiger charge is -2.34. The maximum Gasteiger partial charge on any atom is 0.410 e. The number of morpholine rings is 1. The number of rotatable bonds is 1. The van der Waals surface area contributed by atoms with Crippen molar-refractivity contribution in [2.75, 3.05) is 19.7 Å². The first kappa shape index (κ1) is 12.6. The van der Waals surface area contributed by atoms with Gasteiger partial charge in [-0.2, -0.15) is 0 Å². The lowest BCUT2D eigenvalue weighted by Crippen LogP contribution is -2.48. The molecule has 0 spiro atoms. The maximum atomic E-state index is 11.9. The third-order valence-electron chi connectivity index (χ3n) is 3.11. The molecule has 2 rings (SSSR count). The monoisotopic (exact) mass is 242 g/mol. The highest BCUT2D eigenvalue weighted by molar-refractivity contribution is 5.68. The number of nitrogens with zero attached hydrogens (tertiary/aromatic N) is 1.